The molecule has 0 bridgehead atoms. The number of aliphatic hydroxyl groups is 10. The second-order valence-corrected chi connectivity index (χ2v) is 5.33. The van der Waals surface area contributed by atoms with Gasteiger partial charge in [0.2, 0.25) is 0 Å². The number of ether oxygens (including phenoxy) is 1. The molecule has 0 amide bonds. The van der Waals surface area contributed by atoms with Gasteiger partial charge in [0.1, 0.15) is 61.0 Å². The number of hydrogen-bond donors (Lipinski definition) is 10. The number of hydrogen-bond acceptors (Lipinski definition) is 11. The molecular weight excluding hydrogens is 320 g/mol. The summed E-state index contributed by atoms with van der Waals surface area (Å²) in [6, 6.07) is 0. The molecule has 10 N–H and O–H groups in total. The van der Waals surface area contributed by atoms with E-state index in [-0.39, 0.29) is 0 Å². The van der Waals surface area contributed by atoms with Crippen molar-refractivity contribution in [3.63, 3.8) is 0 Å². The van der Waals surface area contributed by atoms with Gasteiger partial charge in [0.25, 0.3) is 0 Å². The van der Waals surface area contributed by atoms with Crippen LogP contribution in [-0.4, -0.2) is 125 Å². The normalized spacial score (nSPS) is 42.4. The van der Waals surface area contributed by atoms with E-state index in [1.54, 1.807) is 0 Å². The monoisotopic (exact) mass is 345 g/mol. The molecule has 1 heterocycles. The van der Waals surface area contributed by atoms with Gasteiger partial charge in [-0.25, -0.2) is 0 Å². The highest BCUT2D eigenvalue weighted by atomic mass is 16.6. The lowest BCUT2D eigenvalue weighted by molar-refractivity contribution is -0.264. The maximum Gasteiger partial charge on any atom is 0.115 e. The minimum absolute atomic E-state index is 0.886. The molecule has 1 saturated heterocycles. The lowest BCUT2D eigenvalue weighted by atomic mass is 9.88. The van der Waals surface area contributed by atoms with E-state index < -0.39 is 74.2 Å². The third-order valence-corrected chi connectivity index (χ3v) is 3.71. The van der Waals surface area contributed by atoms with Crippen molar-refractivity contribution in [2.45, 2.75) is 61.0 Å². The van der Waals surface area contributed by atoms with Gasteiger partial charge in [-0.2, -0.15) is 0 Å². The molecule has 0 aliphatic carbocycles. The second kappa shape index (κ2) is 8.60. The van der Waals surface area contributed by atoms with Crippen molar-refractivity contribution in [1.82, 2.24) is 0 Å². The van der Waals surface area contributed by atoms with E-state index in [9.17, 15) is 40.9 Å². The first-order valence-corrected chi connectivity index (χ1v) is 6.87. The molecule has 1 fully saturated rings. The van der Waals surface area contributed by atoms with Crippen molar-refractivity contribution in [1.29, 1.82) is 0 Å². The summed E-state index contributed by atoms with van der Waals surface area (Å²) in [5.41, 5.74) is 0. The van der Waals surface area contributed by atoms with Gasteiger partial charge in [-0.15, -0.1) is 0 Å². The lowest BCUT2D eigenvalue weighted by Crippen LogP contribution is -2.64. The molecule has 0 aromatic rings. The Labute approximate surface area is 132 Å². The molecule has 1 rings (SSSR count). The average molecular weight is 345 g/mol. The van der Waals surface area contributed by atoms with E-state index >= 15 is 0 Å². The summed E-state index contributed by atoms with van der Waals surface area (Å²) in [6.07, 6.45) is -21.5. The molecule has 11 nitrogen and oxygen atoms in total. The van der Waals surface area contributed by atoms with Crippen LogP contribution in [0, 0.1) is 0 Å². The van der Waals surface area contributed by atoms with Crippen LogP contribution >= 0.6 is 0 Å². The molecular formula is C12H24O11. The molecule has 0 saturated carbocycles. The summed E-state index contributed by atoms with van der Waals surface area (Å²) >= 11 is 0. The van der Waals surface area contributed by atoms with Crippen LogP contribution in [0.1, 0.15) is 1.37 Å². The van der Waals surface area contributed by atoms with Crippen LogP contribution in [0.25, 0.3) is 0 Å². The minimum Gasteiger partial charge on any atom is -0.394 e. The van der Waals surface area contributed by atoms with E-state index in [2.05, 4.69) is 0 Å². The Kier molecular flexibility index (Phi) is 7.06. The fraction of sp³-hybridized carbons (Fsp3) is 1.00. The smallest absolute Gasteiger partial charge is 0.115 e. The van der Waals surface area contributed by atoms with E-state index in [0.717, 1.165) is 0 Å². The van der Waals surface area contributed by atoms with Gasteiger partial charge in [-0.1, -0.05) is 0 Å². The molecule has 1 unspecified atom stereocenters. The highest BCUT2D eigenvalue weighted by Crippen LogP contribution is 2.25. The predicted molar refractivity (Wildman–Crippen MR) is 70.9 cm³/mol. The van der Waals surface area contributed by atoms with Crippen LogP contribution in [0.2, 0.25) is 0 Å². The third-order valence-electron chi connectivity index (χ3n) is 3.71. The standard InChI is InChI=1S/C12H24O11/c13-1-3(15)5(16)7(18)9(20)11(22)12-10(21)8(19)6(17)4(2-14)23-12/h3-22H,1-2H2/t3-,4-,5-,6-,7+,8+,9-,10-,11?,12+/m1/s1/i12D. The molecule has 0 aromatic heterocycles. The maximum absolute atomic E-state index is 10.1. The summed E-state index contributed by atoms with van der Waals surface area (Å²) < 4.78 is 12.8. The van der Waals surface area contributed by atoms with Gasteiger partial charge >= 0.3 is 0 Å². The molecule has 138 valence electrons. The van der Waals surface area contributed by atoms with Crippen LogP contribution < -0.4 is 0 Å². The maximum atomic E-state index is 10.1. The zero-order valence-corrected chi connectivity index (χ0v) is 12.0. The quantitative estimate of drug-likeness (QED) is 0.209. The van der Waals surface area contributed by atoms with Crippen LogP contribution in [-0.2, 0) is 4.74 Å². The molecule has 11 heteroatoms. The van der Waals surface area contributed by atoms with E-state index in [1.807, 2.05) is 0 Å². The SMILES string of the molecule is [2H][C@]1(C(O)[C@H](O)[C@@H](O)[C@H](O)[C@H](O)CO)O[C@H](CO)[C@@H](O)[C@H](O)[C@H]1O. The van der Waals surface area contributed by atoms with Crippen LogP contribution in [0.4, 0.5) is 0 Å². The Hall–Kier alpha value is -0.440. The van der Waals surface area contributed by atoms with Gasteiger partial charge in [0, 0.05) is 0 Å². The highest BCUT2D eigenvalue weighted by Gasteiger charge is 2.49. The van der Waals surface area contributed by atoms with Crippen molar-refractivity contribution in [3.8, 4) is 0 Å². The zero-order chi connectivity index (χ0) is 18.8. The Balaban J connectivity index is 2.99. The third kappa shape index (κ3) is 4.35. The molecule has 0 radical (unpaired) electrons. The summed E-state index contributed by atoms with van der Waals surface area (Å²) in [7, 11) is 0. The number of rotatable bonds is 7. The minimum atomic E-state index is -2.88. The Morgan fingerprint density at radius 2 is 1.39 bits per heavy atom. The van der Waals surface area contributed by atoms with E-state index in [1.165, 1.54) is 0 Å². The van der Waals surface area contributed by atoms with Crippen molar-refractivity contribution >= 4 is 0 Å². The summed E-state index contributed by atoms with van der Waals surface area (Å²) in [4.78, 5) is 0. The average Bonchev–Trinajstić information content (AvgIpc) is 2.59. The van der Waals surface area contributed by atoms with Gasteiger partial charge in [-0.3, -0.25) is 0 Å². The first-order chi connectivity index (χ1) is 11.0. The van der Waals surface area contributed by atoms with Gasteiger partial charge in [-0.05, 0) is 0 Å². The topological polar surface area (TPSA) is 212 Å². The van der Waals surface area contributed by atoms with E-state index in [4.69, 9.17) is 16.3 Å². The van der Waals surface area contributed by atoms with Crippen molar-refractivity contribution in [3.05, 3.63) is 0 Å². The lowest BCUT2D eigenvalue weighted by Gasteiger charge is -2.43. The fourth-order valence-electron chi connectivity index (χ4n) is 2.17. The molecule has 0 aromatic carbocycles. The van der Waals surface area contributed by atoms with Crippen molar-refractivity contribution in [2.75, 3.05) is 13.2 Å². The first-order valence-electron chi connectivity index (χ1n) is 7.37. The van der Waals surface area contributed by atoms with Crippen LogP contribution in [0.3, 0.4) is 0 Å². The summed E-state index contributed by atoms with van der Waals surface area (Å²) in [5, 5.41) is 95.3. The van der Waals surface area contributed by atoms with Gasteiger partial charge in [0.15, 0.2) is 0 Å². The summed E-state index contributed by atoms with van der Waals surface area (Å²) in [5.74, 6) is 0. The largest absolute Gasteiger partial charge is 0.394 e. The van der Waals surface area contributed by atoms with Crippen LogP contribution in [0.15, 0.2) is 0 Å². The Morgan fingerprint density at radius 3 is 1.87 bits per heavy atom. The first kappa shape index (κ1) is 18.9. The summed E-state index contributed by atoms with van der Waals surface area (Å²) in [6.45, 7) is -1.85. The molecule has 1 aliphatic rings. The number of aliphatic hydroxyl groups excluding tert-OH is 10. The Bertz CT molecular complexity index is 399. The molecule has 23 heavy (non-hydrogen) atoms. The van der Waals surface area contributed by atoms with Gasteiger partial charge in [0.05, 0.1) is 14.6 Å². The molecule has 10 atom stereocenters. The fourth-order valence-corrected chi connectivity index (χ4v) is 2.17. The predicted octanol–water partition coefficient (Wildman–Crippen LogP) is -6.37. The highest BCUT2D eigenvalue weighted by molar-refractivity contribution is 4.98. The van der Waals surface area contributed by atoms with Crippen LogP contribution in [0.5, 0.6) is 0 Å². The molecule has 0 spiro atoms. The Morgan fingerprint density at radius 1 is 0.826 bits per heavy atom. The van der Waals surface area contributed by atoms with E-state index in [0.29, 0.717) is 0 Å². The van der Waals surface area contributed by atoms with Crippen molar-refractivity contribution < 1.29 is 57.2 Å². The van der Waals surface area contributed by atoms with Gasteiger partial charge < -0.3 is 55.8 Å². The zero-order valence-electron chi connectivity index (χ0n) is 13.0. The molecule has 1 aliphatic heterocycles. The second-order valence-electron chi connectivity index (χ2n) is 5.33. The van der Waals surface area contributed by atoms with Crippen molar-refractivity contribution in [2.24, 2.45) is 0 Å².